The molecule has 0 aromatic heterocycles. The topological polar surface area (TPSA) is 81.8 Å². The molecule has 1 fully saturated rings. The Labute approximate surface area is 176 Å². The largest absolute Gasteiger partial charge is 0.352 e. The average Bonchev–Trinajstić information content (AvgIpc) is 2.74. The van der Waals surface area contributed by atoms with Crippen LogP contribution in [0.25, 0.3) is 0 Å². The summed E-state index contributed by atoms with van der Waals surface area (Å²) in [5.41, 5.74) is 0.0993. The molecule has 9 heteroatoms. The third kappa shape index (κ3) is 6.01. The number of carbonyl (C=O) groups is 1. The summed E-state index contributed by atoms with van der Waals surface area (Å²) < 4.78 is 41.1. The second-order valence-corrected chi connectivity index (χ2v) is 9.05. The summed E-state index contributed by atoms with van der Waals surface area (Å²) in [5.74, 6) is -1.01. The molecular weight excluding hydrogens is 407 g/mol. The maximum absolute atomic E-state index is 13.8. The van der Waals surface area contributed by atoms with Gasteiger partial charge in [0.15, 0.2) is 0 Å². The van der Waals surface area contributed by atoms with Crippen molar-refractivity contribution in [3.05, 3.63) is 59.9 Å². The van der Waals surface area contributed by atoms with E-state index in [1.807, 2.05) is 0 Å². The molecule has 0 aliphatic carbocycles. The van der Waals surface area contributed by atoms with Crippen molar-refractivity contribution in [2.75, 3.05) is 51.0 Å². The number of nitrogens with one attached hydrogen (secondary N) is 2. The highest BCUT2D eigenvalue weighted by molar-refractivity contribution is 7.92. The zero-order chi connectivity index (χ0) is 21.6. The number of halogens is 1. The molecular formula is C21H27FN4O3S. The van der Waals surface area contributed by atoms with Crippen molar-refractivity contribution in [1.82, 2.24) is 15.1 Å². The van der Waals surface area contributed by atoms with Gasteiger partial charge in [0.25, 0.3) is 15.9 Å². The molecule has 2 N–H and O–H groups in total. The molecule has 162 valence electrons. The van der Waals surface area contributed by atoms with Crippen LogP contribution in [0.1, 0.15) is 16.8 Å². The van der Waals surface area contributed by atoms with Crippen LogP contribution in [0.5, 0.6) is 0 Å². The van der Waals surface area contributed by atoms with Crippen molar-refractivity contribution in [3.63, 3.8) is 0 Å². The number of likely N-dealkylation sites (N-methyl/N-ethyl adjacent to an activating group) is 1. The van der Waals surface area contributed by atoms with Crippen molar-refractivity contribution in [3.8, 4) is 0 Å². The third-order valence-corrected chi connectivity index (χ3v) is 6.42. The molecule has 30 heavy (non-hydrogen) atoms. The van der Waals surface area contributed by atoms with Crippen LogP contribution in [0.3, 0.4) is 0 Å². The highest BCUT2D eigenvalue weighted by atomic mass is 32.2. The van der Waals surface area contributed by atoms with Gasteiger partial charge in [-0.1, -0.05) is 18.2 Å². The fourth-order valence-corrected chi connectivity index (χ4v) is 4.34. The number of hydrogen-bond acceptors (Lipinski definition) is 5. The molecule has 7 nitrogen and oxygen atoms in total. The number of rotatable bonds is 8. The predicted molar refractivity (Wildman–Crippen MR) is 115 cm³/mol. The van der Waals surface area contributed by atoms with Crippen LogP contribution in [0, 0.1) is 5.82 Å². The monoisotopic (exact) mass is 434 g/mol. The number of hydrogen-bond donors (Lipinski definition) is 2. The summed E-state index contributed by atoms with van der Waals surface area (Å²) in [7, 11) is -1.91. The van der Waals surface area contributed by atoms with Gasteiger partial charge in [-0.3, -0.25) is 9.52 Å². The van der Waals surface area contributed by atoms with Crippen LogP contribution in [0.4, 0.5) is 10.1 Å². The van der Waals surface area contributed by atoms with Gasteiger partial charge in [0.05, 0.1) is 10.6 Å². The molecule has 1 saturated heterocycles. The van der Waals surface area contributed by atoms with Crippen LogP contribution in [0.15, 0.2) is 53.4 Å². The van der Waals surface area contributed by atoms with E-state index in [2.05, 4.69) is 26.9 Å². The fourth-order valence-electron chi connectivity index (χ4n) is 3.23. The summed E-state index contributed by atoms with van der Waals surface area (Å²) in [5, 5.41) is 2.83. The highest BCUT2D eigenvalue weighted by Gasteiger charge is 2.18. The average molecular weight is 435 g/mol. The van der Waals surface area contributed by atoms with Crippen molar-refractivity contribution in [2.45, 2.75) is 11.3 Å². The second kappa shape index (κ2) is 10.0. The van der Waals surface area contributed by atoms with Crippen molar-refractivity contribution >= 4 is 21.6 Å². The van der Waals surface area contributed by atoms with Crippen molar-refractivity contribution < 1.29 is 17.6 Å². The van der Waals surface area contributed by atoms with Gasteiger partial charge in [-0.25, -0.2) is 12.8 Å². The number of benzene rings is 2. The first-order valence-electron chi connectivity index (χ1n) is 9.92. The minimum Gasteiger partial charge on any atom is -0.352 e. The Balaban J connectivity index is 1.55. The Morgan fingerprint density at radius 2 is 1.80 bits per heavy atom. The van der Waals surface area contributed by atoms with E-state index in [1.165, 1.54) is 42.5 Å². The zero-order valence-electron chi connectivity index (χ0n) is 17.0. The molecule has 0 spiro atoms. The molecule has 2 aromatic rings. The molecule has 2 aromatic carbocycles. The van der Waals surface area contributed by atoms with E-state index in [4.69, 9.17) is 0 Å². The maximum atomic E-state index is 13.8. The van der Waals surface area contributed by atoms with Crippen LogP contribution in [-0.4, -0.2) is 70.4 Å². The number of nitrogens with zero attached hydrogens (tertiary/aromatic N) is 2. The van der Waals surface area contributed by atoms with Gasteiger partial charge < -0.3 is 15.1 Å². The first-order valence-corrected chi connectivity index (χ1v) is 11.4. The van der Waals surface area contributed by atoms with Crippen molar-refractivity contribution in [1.29, 1.82) is 0 Å². The molecule has 1 amide bonds. The first kappa shape index (κ1) is 22.2. The van der Waals surface area contributed by atoms with Gasteiger partial charge in [-0.05, 0) is 50.3 Å². The molecule has 0 radical (unpaired) electrons. The lowest BCUT2D eigenvalue weighted by atomic mass is 10.2. The Morgan fingerprint density at radius 3 is 2.53 bits per heavy atom. The van der Waals surface area contributed by atoms with E-state index < -0.39 is 15.8 Å². The zero-order valence-corrected chi connectivity index (χ0v) is 17.8. The molecule has 0 saturated carbocycles. The van der Waals surface area contributed by atoms with Crippen LogP contribution in [0.2, 0.25) is 0 Å². The van der Waals surface area contributed by atoms with E-state index in [1.54, 1.807) is 6.07 Å². The Morgan fingerprint density at radius 1 is 1.07 bits per heavy atom. The number of carbonyl (C=O) groups excluding carboxylic acids is 1. The van der Waals surface area contributed by atoms with E-state index in [0.29, 0.717) is 6.54 Å². The van der Waals surface area contributed by atoms with Gasteiger partial charge in [-0.15, -0.1) is 0 Å². The third-order valence-electron chi connectivity index (χ3n) is 5.06. The van der Waals surface area contributed by atoms with Crippen molar-refractivity contribution in [2.24, 2.45) is 0 Å². The number of amides is 1. The summed E-state index contributed by atoms with van der Waals surface area (Å²) >= 11 is 0. The highest BCUT2D eigenvalue weighted by Crippen LogP contribution is 2.19. The summed E-state index contributed by atoms with van der Waals surface area (Å²) in [4.78, 5) is 17.0. The lowest BCUT2D eigenvalue weighted by Gasteiger charge is -2.32. The van der Waals surface area contributed by atoms with Crippen LogP contribution < -0.4 is 10.0 Å². The van der Waals surface area contributed by atoms with E-state index in [-0.39, 0.29) is 22.1 Å². The number of anilines is 1. The number of sulfonamides is 1. The Kier molecular flexibility index (Phi) is 7.41. The number of para-hydroxylation sites is 1. The van der Waals surface area contributed by atoms with Crippen LogP contribution >= 0.6 is 0 Å². The summed E-state index contributed by atoms with van der Waals surface area (Å²) in [6.07, 6.45) is 0.822. The maximum Gasteiger partial charge on any atom is 0.262 e. The minimum atomic E-state index is -4.02. The standard InChI is InChI=1S/C21H27FN4O3S/c1-25-12-14-26(15-13-25)11-5-10-23-21(27)17-6-4-7-18(16-17)30(28,29)24-20-9-3-2-8-19(20)22/h2-4,6-9,16,24H,5,10-15H2,1H3,(H,23,27). The number of piperazine rings is 1. The summed E-state index contributed by atoms with van der Waals surface area (Å²) in [6, 6.07) is 11.2. The first-order chi connectivity index (χ1) is 14.3. The normalized spacial score (nSPS) is 15.7. The Hall–Kier alpha value is -2.49. The molecule has 1 heterocycles. The molecule has 0 unspecified atom stereocenters. The van der Waals surface area contributed by atoms with Gasteiger partial charge in [0.1, 0.15) is 5.82 Å². The lowest BCUT2D eigenvalue weighted by molar-refractivity contribution is 0.0949. The van der Waals surface area contributed by atoms with Gasteiger partial charge in [0, 0.05) is 38.3 Å². The second-order valence-electron chi connectivity index (χ2n) is 7.37. The lowest BCUT2D eigenvalue weighted by Crippen LogP contribution is -2.45. The quantitative estimate of drug-likeness (QED) is 0.621. The minimum absolute atomic E-state index is 0.101. The van der Waals surface area contributed by atoms with Gasteiger partial charge >= 0.3 is 0 Å². The molecule has 0 atom stereocenters. The smallest absolute Gasteiger partial charge is 0.262 e. The van der Waals surface area contributed by atoms with Gasteiger partial charge in [0.2, 0.25) is 0 Å². The molecule has 0 bridgehead atoms. The molecule has 1 aliphatic rings. The van der Waals surface area contributed by atoms with Gasteiger partial charge in [-0.2, -0.15) is 0 Å². The summed E-state index contributed by atoms with van der Waals surface area (Å²) in [6.45, 7) is 5.58. The Bertz CT molecular complexity index is 976. The van der Waals surface area contributed by atoms with E-state index in [9.17, 15) is 17.6 Å². The van der Waals surface area contributed by atoms with E-state index in [0.717, 1.165) is 39.1 Å². The molecule has 3 rings (SSSR count). The predicted octanol–water partition coefficient (Wildman–Crippen LogP) is 1.99. The van der Waals surface area contributed by atoms with Crippen LogP contribution in [-0.2, 0) is 10.0 Å². The van der Waals surface area contributed by atoms with E-state index >= 15 is 0 Å². The fraction of sp³-hybridized carbons (Fsp3) is 0.381. The molecule has 1 aliphatic heterocycles. The SMILES string of the molecule is CN1CCN(CCCNC(=O)c2cccc(S(=O)(=O)Nc3ccccc3F)c2)CC1.